The van der Waals surface area contributed by atoms with Crippen LogP contribution in [0.4, 0.5) is 0 Å². The molecule has 0 unspecified atom stereocenters. The standard InChI is InChI=1S/C17H24N4O2/c1-14-6-8-20(9-7-14)10-16(22)11-23-17-4-2-15(3-5-17)21-13-18-12-19-21/h2-5,12-14,16,22H,6-11H2,1H3/t16-/m0/s1. The number of nitrogens with zero attached hydrogens (tertiary/aromatic N) is 4. The Morgan fingerprint density at radius 2 is 2.00 bits per heavy atom. The first kappa shape index (κ1) is 16.0. The molecule has 1 aromatic carbocycles. The van der Waals surface area contributed by atoms with Crippen LogP contribution in [0.3, 0.4) is 0 Å². The molecule has 2 aromatic rings. The van der Waals surface area contributed by atoms with E-state index in [0.717, 1.165) is 30.4 Å². The highest BCUT2D eigenvalue weighted by atomic mass is 16.5. The monoisotopic (exact) mass is 316 g/mol. The van der Waals surface area contributed by atoms with Crippen molar-refractivity contribution in [1.82, 2.24) is 19.7 Å². The maximum absolute atomic E-state index is 10.1. The zero-order valence-corrected chi connectivity index (χ0v) is 13.5. The smallest absolute Gasteiger partial charge is 0.138 e. The molecule has 0 radical (unpaired) electrons. The summed E-state index contributed by atoms with van der Waals surface area (Å²) in [5, 5.41) is 14.2. The molecule has 1 fully saturated rings. The number of aliphatic hydroxyl groups excluding tert-OH is 1. The van der Waals surface area contributed by atoms with Crippen LogP contribution in [0.25, 0.3) is 5.69 Å². The van der Waals surface area contributed by atoms with Gasteiger partial charge in [-0.3, -0.25) is 0 Å². The molecule has 1 N–H and O–H groups in total. The molecule has 2 heterocycles. The minimum atomic E-state index is -0.460. The second-order valence-electron chi connectivity index (χ2n) is 6.28. The first-order valence-corrected chi connectivity index (χ1v) is 8.19. The number of piperidine rings is 1. The summed E-state index contributed by atoms with van der Waals surface area (Å²) in [5.74, 6) is 1.56. The molecule has 6 nitrogen and oxygen atoms in total. The van der Waals surface area contributed by atoms with Crippen LogP contribution in [-0.2, 0) is 0 Å². The van der Waals surface area contributed by atoms with Crippen molar-refractivity contribution in [3.05, 3.63) is 36.9 Å². The molecule has 0 saturated carbocycles. The lowest BCUT2D eigenvalue weighted by Gasteiger charge is -2.31. The normalized spacial score (nSPS) is 18.0. The van der Waals surface area contributed by atoms with Crippen molar-refractivity contribution in [1.29, 1.82) is 0 Å². The van der Waals surface area contributed by atoms with Gasteiger partial charge < -0.3 is 14.7 Å². The van der Waals surface area contributed by atoms with Crippen LogP contribution < -0.4 is 4.74 Å². The third-order valence-corrected chi connectivity index (χ3v) is 4.31. The van der Waals surface area contributed by atoms with Crippen molar-refractivity contribution < 1.29 is 9.84 Å². The average Bonchev–Trinajstić information content (AvgIpc) is 3.10. The molecule has 1 aromatic heterocycles. The van der Waals surface area contributed by atoms with Crippen molar-refractivity contribution in [2.24, 2.45) is 5.92 Å². The lowest BCUT2D eigenvalue weighted by molar-refractivity contribution is 0.0563. The van der Waals surface area contributed by atoms with Gasteiger partial charge in [-0.2, -0.15) is 5.10 Å². The van der Waals surface area contributed by atoms with E-state index in [1.165, 1.54) is 19.2 Å². The lowest BCUT2D eigenvalue weighted by Crippen LogP contribution is -2.40. The Hall–Kier alpha value is -1.92. The molecule has 1 atom stereocenters. The maximum atomic E-state index is 10.1. The summed E-state index contributed by atoms with van der Waals surface area (Å²) >= 11 is 0. The zero-order valence-electron chi connectivity index (χ0n) is 13.5. The van der Waals surface area contributed by atoms with Gasteiger partial charge in [0.1, 0.15) is 31.1 Å². The van der Waals surface area contributed by atoms with Gasteiger partial charge in [0.2, 0.25) is 0 Å². The largest absolute Gasteiger partial charge is 0.491 e. The van der Waals surface area contributed by atoms with Crippen molar-refractivity contribution in [3.8, 4) is 11.4 Å². The van der Waals surface area contributed by atoms with Crippen LogP contribution in [0.5, 0.6) is 5.75 Å². The first-order valence-electron chi connectivity index (χ1n) is 8.19. The van der Waals surface area contributed by atoms with E-state index >= 15 is 0 Å². The summed E-state index contributed by atoms with van der Waals surface area (Å²) in [6, 6.07) is 7.60. The Labute approximate surface area is 136 Å². The highest BCUT2D eigenvalue weighted by molar-refractivity contribution is 5.36. The Morgan fingerprint density at radius 3 is 2.65 bits per heavy atom. The Balaban J connectivity index is 1.44. The van der Waals surface area contributed by atoms with E-state index in [-0.39, 0.29) is 0 Å². The minimum absolute atomic E-state index is 0.314. The fraction of sp³-hybridized carbons (Fsp3) is 0.529. The molecule has 1 aliphatic heterocycles. The summed E-state index contributed by atoms with van der Waals surface area (Å²) in [6.07, 6.45) is 5.13. The van der Waals surface area contributed by atoms with E-state index in [1.807, 2.05) is 24.3 Å². The van der Waals surface area contributed by atoms with Crippen molar-refractivity contribution in [2.45, 2.75) is 25.9 Å². The van der Waals surface area contributed by atoms with E-state index < -0.39 is 6.10 Å². The van der Waals surface area contributed by atoms with Gasteiger partial charge >= 0.3 is 0 Å². The minimum Gasteiger partial charge on any atom is -0.491 e. The highest BCUT2D eigenvalue weighted by Gasteiger charge is 2.18. The number of likely N-dealkylation sites (tertiary alicyclic amines) is 1. The van der Waals surface area contributed by atoms with Crippen LogP contribution in [-0.4, -0.2) is 57.1 Å². The van der Waals surface area contributed by atoms with Gasteiger partial charge in [-0.25, -0.2) is 9.67 Å². The van der Waals surface area contributed by atoms with Gasteiger partial charge in [-0.1, -0.05) is 6.92 Å². The zero-order chi connectivity index (χ0) is 16.1. The van der Waals surface area contributed by atoms with Gasteiger partial charge in [-0.05, 0) is 56.1 Å². The fourth-order valence-electron chi connectivity index (χ4n) is 2.82. The molecule has 124 valence electrons. The molecule has 23 heavy (non-hydrogen) atoms. The quantitative estimate of drug-likeness (QED) is 0.879. The van der Waals surface area contributed by atoms with E-state index in [1.54, 1.807) is 11.0 Å². The number of aromatic nitrogens is 3. The predicted molar refractivity (Wildman–Crippen MR) is 87.7 cm³/mol. The Bertz CT molecular complexity index is 577. The van der Waals surface area contributed by atoms with Crippen molar-refractivity contribution in [2.75, 3.05) is 26.2 Å². The average molecular weight is 316 g/mol. The van der Waals surface area contributed by atoms with E-state index in [4.69, 9.17) is 4.74 Å². The first-order chi connectivity index (χ1) is 11.2. The topological polar surface area (TPSA) is 63.4 Å². The van der Waals surface area contributed by atoms with Crippen molar-refractivity contribution >= 4 is 0 Å². The second kappa shape index (κ2) is 7.57. The molecule has 1 saturated heterocycles. The Kier molecular flexibility index (Phi) is 5.25. The van der Waals surface area contributed by atoms with E-state index in [2.05, 4.69) is 21.9 Å². The number of hydrogen-bond acceptors (Lipinski definition) is 5. The molecule has 0 amide bonds. The van der Waals surface area contributed by atoms with Crippen LogP contribution in [0, 0.1) is 5.92 Å². The lowest BCUT2D eigenvalue weighted by atomic mass is 9.99. The highest BCUT2D eigenvalue weighted by Crippen LogP contribution is 2.17. The van der Waals surface area contributed by atoms with Crippen molar-refractivity contribution in [3.63, 3.8) is 0 Å². The van der Waals surface area contributed by atoms with Gasteiger partial charge in [0.25, 0.3) is 0 Å². The number of benzene rings is 1. The SMILES string of the molecule is CC1CCN(C[C@H](O)COc2ccc(-n3cncn3)cc2)CC1. The van der Waals surface area contributed by atoms with E-state index in [0.29, 0.717) is 13.2 Å². The number of hydrogen-bond donors (Lipinski definition) is 1. The van der Waals surface area contributed by atoms with Crippen LogP contribution in [0.2, 0.25) is 0 Å². The van der Waals surface area contributed by atoms with Crippen LogP contribution in [0.1, 0.15) is 19.8 Å². The fourth-order valence-corrected chi connectivity index (χ4v) is 2.82. The summed E-state index contributed by atoms with van der Waals surface area (Å²) in [6.45, 7) is 5.44. The van der Waals surface area contributed by atoms with Gasteiger partial charge in [0, 0.05) is 6.54 Å². The van der Waals surface area contributed by atoms with Crippen LogP contribution in [0.15, 0.2) is 36.9 Å². The molecular formula is C17H24N4O2. The summed E-state index contributed by atoms with van der Waals surface area (Å²) in [5.41, 5.74) is 0.929. The van der Waals surface area contributed by atoms with Crippen LogP contribution >= 0.6 is 0 Å². The summed E-state index contributed by atoms with van der Waals surface area (Å²) < 4.78 is 7.37. The Morgan fingerprint density at radius 1 is 1.26 bits per heavy atom. The summed E-state index contributed by atoms with van der Waals surface area (Å²) in [4.78, 5) is 6.24. The molecule has 1 aliphatic rings. The molecule has 6 heteroatoms. The van der Waals surface area contributed by atoms with Gasteiger partial charge in [-0.15, -0.1) is 0 Å². The number of rotatable bonds is 6. The molecule has 0 bridgehead atoms. The van der Waals surface area contributed by atoms with Gasteiger partial charge in [0.05, 0.1) is 5.69 Å². The molecule has 3 rings (SSSR count). The number of β-amino-alcohol motifs (C(OH)–C–C–N with tert-alkyl or cyclic N) is 1. The third-order valence-electron chi connectivity index (χ3n) is 4.31. The van der Waals surface area contributed by atoms with E-state index in [9.17, 15) is 5.11 Å². The number of aliphatic hydroxyl groups is 1. The molecule has 0 aliphatic carbocycles. The molecular weight excluding hydrogens is 292 g/mol. The second-order valence-corrected chi connectivity index (χ2v) is 6.28. The number of ether oxygens (including phenoxy) is 1. The third kappa shape index (κ3) is 4.53. The van der Waals surface area contributed by atoms with Gasteiger partial charge in [0.15, 0.2) is 0 Å². The molecule has 0 spiro atoms. The summed E-state index contributed by atoms with van der Waals surface area (Å²) in [7, 11) is 0. The predicted octanol–water partition coefficient (Wildman–Crippen LogP) is 1.74. The maximum Gasteiger partial charge on any atom is 0.138 e.